The lowest BCUT2D eigenvalue weighted by Crippen LogP contribution is -2.36. The smallest absolute Gasteiger partial charge is 0.313 e. The topological polar surface area (TPSA) is 122 Å². The Hall–Kier alpha value is -2.19. The molecule has 0 bridgehead atoms. The molecule has 98 valence electrons. The van der Waals surface area contributed by atoms with Crippen LogP contribution in [-0.2, 0) is 4.79 Å². The molecule has 0 atom stereocenters. The Morgan fingerprint density at radius 2 is 2.00 bits per heavy atom. The van der Waals surface area contributed by atoms with Gasteiger partial charge in [-0.3, -0.25) is 19.7 Å². The highest BCUT2D eigenvalue weighted by Gasteiger charge is 2.38. The van der Waals surface area contributed by atoms with Crippen LogP contribution in [0.2, 0.25) is 10.0 Å². The van der Waals surface area contributed by atoms with Crippen molar-refractivity contribution in [2.45, 2.75) is 0 Å². The average molecular weight is 304 g/mol. The van der Waals surface area contributed by atoms with Gasteiger partial charge in [0, 0.05) is 0 Å². The Labute approximate surface area is 114 Å². The molecular weight excluding hydrogens is 301 g/mol. The number of rotatable bonds is 1. The molecule has 1 heterocycles. The van der Waals surface area contributed by atoms with Crippen LogP contribution in [0.25, 0.3) is 0 Å². The minimum absolute atomic E-state index is 0.228. The van der Waals surface area contributed by atoms with Crippen LogP contribution in [0.3, 0.4) is 0 Å². The van der Waals surface area contributed by atoms with Gasteiger partial charge in [-0.25, -0.2) is 0 Å². The number of oxime groups is 1. The first-order chi connectivity index (χ1) is 8.88. The second kappa shape index (κ2) is 4.48. The van der Waals surface area contributed by atoms with Gasteiger partial charge in [0.05, 0.1) is 15.5 Å². The maximum Gasteiger partial charge on any atom is 0.313 e. The first-order valence-electron chi connectivity index (χ1n) is 4.63. The summed E-state index contributed by atoms with van der Waals surface area (Å²) in [6.07, 6.45) is 0. The van der Waals surface area contributed by atoms with E-state index in [4.69, 9.17) is 28.4 Å². The van der Waals surface area contributed by atoms with Crippen molar-refractivity contribution < 1.29 is 19.7 Å². The molecule has 1 aliphatic rings. The molecule has 2 rings (SSSR count). The lowest BCUT2D eigenvalue weighted by atomic mass is 9.99. The number of halogens is 2. The summed E-state index contributed by atoms with van der Waals surface area (Å²) in [5.41, 5.74) is -2.13. The minimum atomic E-state index is -1.07. The third-order valence-corrected chi connectivity index (χ3v) is 3.17. The van der Waals surface area contributed by atoms with Crippen molar-refractivity contribution in [3.05, 3.63) is 31.8 Å². The Morgan fingerprint density at radius 1 is 1.37 bits per heavy atom. The molecular formula is C9H3Cl2N3O5. The number of nitro benzene ring substituents is 1. The van der Waals surface area contributed by atoms with Gasteiger partial charge in [-0.1, -0.05) is 28.4 Å². The van der Waals surface area contributed by atoms with Crippen LogP contribution in [0.1, 0.15) is 10.4 Å². The van der Waals surface area contributed by atoms with Crippen LogP contribution < -0.4 is 5.32 Å². The summed E-state index contributed by atoms with van der Waals surface area (Å²) >= 11 is 11.4. The number of fused-ring (bicyclic) bond motifs is 1. The van der Waals surface area contributed by atoms with Gasteiger partial charge < -0.3 is 10.5 Å². The predicted molar refractivity (Wildman–Crippen MR) is 65.3 cm³/mol. The second-order valence-corrected chi connectivity index (χ2v) is 4.22. The van der Waals surface area contributed by atoms with E-state index in [2.05, 4.69) is 10.5 Å². The zero-order valence-electron chi connectivity index (χ0n) is 8.81. The number of nitrogens with zero attached hydrogens (tertiary/aromatic N) is 2. The van der Waals surface area contributed by atoms with Crippen LogP contribution in [-0.4, -0.2) is 27.5 Å². The summed E-state index contributed by atoms with van der Waals surface area (Å²) in [6.45, 7) is 0. The lowest BCUT2D eigenvalue weighted by molar-refractivity contribution is -0.383. The number of nitro groups is 1. The van der Waals surface area contributed by atoms with E-state index in [-0.39, 0.29) is 16.3 Å². The Bertz CT molecular complexity index is 670. The molecule has 10 heteroatoms. The zero-order chi connectivity index (χ0) is 14.3. The van der Waals surface area contributed by atoms with Gasteiger partial charge in [0.2, 0.25) is 11.5 Å². The number of amides is 1. The monoisotopic (exact) mass is 303 g/mol. The molecule has 0 aromatic heterocycles. The molecule has 1 aromatic carbocycles. The number of carbonyl (C=O) groups excluding carboxylic acids is 2. The van der Waals surface area contributed by atoms with E-state index in [1.54, 1.807) is 0 Å². The van der Waals surface area contributed by atoms with E-state index >= 15 is 0 Å². The molecule has 1 amide bonds. The highest BCUT2D eigenvalue weighted by Crippen LogP contribution is 2.42. The molecule has 1 aliphatic heterocycles. The maximum atomic E-state index is 11.8. The largest absolute Gasteiger partial charge is 0.410 e. The van der Waals surface area contributed by atoms with Crippen LogP contribution in [0, 0.1) is 10.1 Å². The molecule has 1 aromatic rings. The number of Topliss-reactive ketones (excluding diaryl/α,β-unsaturated/α-hetero) is 1. The van der Waals surface area contributed by atoms with Crippen molar-refractivity contribution in [2.24, 2.45) is 5.16 Å². The SMILES string of the molecule is O=C1Nc2c(cc(Cl)c(Cl)c2[N+](=O)[O-])C(=O)C1=NO. The normalized spacial score (nSPS) is 16.2. The molecule has 0 fully saturated rings. The van der Waals surface area contributed by atoms with Crippen molar-refractivity contribution in [3.63, 3.8) is 0 Å². The van der Waals surface area contributed by atoms with E-state index in [1.807, 2.05) is 0 Å². The molecule has 0 saturated carbocycles. The molecule has 0 saturated heterocycles. The van der Waals surface area contributed by atoms with Gasteiger partial charge in [-0.15, -0.1) is 0 Å². The van der Waals surface area contributed by atoms with Crippen LogP contribution in [0.5, 0.6) is 0 Å². The summed E-state index contributed by atoms with van der Waals surface area (Å²) in [4.78, 5) is 33.3. The number of nitrogens with one attached hydrogen (secondary N) is 1. The van der Waals surface area contributed by atoms with Crippen LogP contribution in [0.15, 0.2) is 11.2 Å². The summed E-state index contributed by atoms with van der Waals surface area (Å²) in [7, 11) is 0. The predicted octanol–water partition coefficient (Wildman–Crippen LogP) is 1.87. The fraction of sp³-hybridized carbons (Fsp3) is 0. The quantitative estimate of drug-likeness (QED) is 0.466. The van der Waals surface area contributed by atoms with Crippen LogP contribution >= 0.6 is 23.2 Å². The third kappa shape index (κ3) is 1.90. The second-order valence-electron chi connectivity index (χ2n) is 3.43. The number of carbonyl (C=O) groups is 2. The maximum absolute atomic E-state index is 11.8. The molecule has 2 N–H and O–H groups in total. The molecule has 0 radical (unpaired) electrons. The average Bonchev–Trinajstić information content (AvgIpc) is 2.32. The van der Waals surface area contributed by atoms with E-state index in [0.717, 1.165) is 6.07 Å². The van der Waals surface area contributed by atoms with E-state index in [0.29, 0.717) is 0 Å². The number of benzene rings is 1. The van der Waals surface area contributed by atoms with Crippen molar-refractivity contribution in [1.29, 1.82) is 0 Å². The number of hydrogen-bond donors (Lipinski definition) is 2. The molecule has 0 unspecified atom stereocenters. The number of hydrogen-bond acceptors (Lipinski definition) is 6. The van der Waals surface area contributed by atoms with Crippen LogP contribution in [0.4, 0.5) is 11.4 Å². The fourth-order valence-electron chi connectivity index (χ4n) is 1.58. The Morgan fingerprint density at radius 3 is 2.53 bits per heavy atom. The van der Waals surface area contributed by atoms with Gasteiger partial charge in [-0.2, -0.15) is 0 Å². The number of anilines is 1. The first kappa shape index (κ1) is 13.2. The van der Waals surface area contributed by atoms with E-state index in [1.165, 1.54) is 0 Å². The van der Waals surface area contributed by atoms with Gasteiger partial charge in [0.15, 0.2) is 0 Å². The van der Waals surface area contributed by atoms with Crippen molar-refractivity contribution in [1.82, 2.24) is 0 Å². The Balaban J connectivity index is 2.82. The van der Waals surface area contributed by atoms with E-state index in [9.17, 15) is 19.7 Å². The van der Waals surface area contributed by atoms with Crippen molar-refractivity contribution >= 4 is 52.0 Å². The zero-order valence-corrected chi connectivity index (χ0v) is 10.3. The lowest BCUT2D eigenvalue weighted by Gasteiger charge is -2.17. The van der Waals surface area contributed by atoms with Gasteiger partial charge in [0.1, 0.15) is 10.7 Å². The fourth-order valence-corrected chi connectivity index (χ4v) is 2.00. The molecule has 19 heavy (non-hydrogen) atoms. The molecule has 0 spiro atoms. The van der Waals surface area contributed by atoms with Crippen molar-refractivity contribution in [2.75, 3.05) is 5.32 Å². The summed E-state index contributed by atoms with van der Waals surface area (Å²) in [5.74, 6) is -2.05. The third-order valence-electron chi connectivity index (χ3n) is 2.39. The molecule has 0 aliphatic carbocycles. The van der Waals surface area contributed by atoms with Crippen molar-refractivity contribution in [3.8, 4) is 0 Å². The first-order valence-corrected chi connectivity index (χ1v) is 5.38. The van der Waals surface area contributed by atoms with Gasteiger partial charge >= 0.3 is 5.69 Å². The Kier molecular flexibility index (Phi) is 3.13. The summed E-state index contributed by atoms with van der Waals surface area (Å²) < 4.78 is 0. The molecule has 8 nitrogen and oxygen atoms in total. The minimum Gasteiger partial charge on any atom is -0.410 e. The highest BCUT2D eigenvalue weighted by molar-refractivity contribution is 6.73. The summed E-state index contributed by atoms with van der Waals surface area (Å²) in [6, 6.07) is 1.05. The van der Waals surface area contributed by atoms with Gasteiger partial charge in [0.25, 0.3) is 5.91 Å². The highest BCUT2D eigenvalue weighted by atomic mass is 35.5. The summed E-state index contributed by atoms with van der Waals surface area (Å²) in [5, 5.41) is 23.5. The van der Waals surface area contributed by atoms with Gasteiger partial charge in [-0.05, 0) is 6.07 Å². The standard InChI is InChI=1S/C9H3Cl2N3O5/c10-3-1-2-5(7(4(3)11)14(18)19)12-9(16)6(13-17)8(2)15/h1,17H,(H,12,16). The van der Waals surface area contributed by atoms with E-state index < -0.39 is 33.0 Å². The number of ketones is 1.